The van der Waals surface area contributed by atoms with Crippen molar-refractivity contribution in [2.24, 2.45) is 10.9 Å². The predicted octanol–water partition coefficient (Wildman–Crippen LogP) is 4.02. The van der Waals surface area contributed by atoms with E-state index in [4.69, 9.17) is 4.74 Å². The predicted molar refractivity (Wildman–Crippen MR) is 117 cm³/mol. The molecular formula is C18H25BrF2IN3O3. The maximum atomic E-state index is 12.6. The van der Waals surface area contributed by atoms with Crippen LogP contribution in [-0.2, 0) is 16.1 Å². The second kappa shape index (κ2) is 12.4. The summed E-state index contributed by atoms with van der Waals surface area (Å²) in [6.07, 6.45) is 1.38. The number of halogens is 4. The van der Waals surface area contributed by atoms with E-state index in [9.17, 15) is 13.6 Å². The number of likely N-dealkylation sites (tertiary alicyclic amines) is 1. The number of rotatable bonds is 6. The second-order valence-electron chi connectivity index (χ2n) is 6.04. The van der Waals surface area contributed by atoms with Crippen molar-refractivity contribution >= 4 is 51.8 Å². The fraction of sp³-hybridized carbons (Fsp3) is 0.556. The lowest BCUT2D eigenvalue weighted by Gasteiger charge is -2.33. The van der Waals surface area contributed by atoms with Crippen LogP contribution in [0.25, 0.3) is 0 Å². The smallest absolute Gasteiger partial charge is 0.387 e. The molecule has 0 radical (unpaired) electrons. The first-order valence-corrected chi connectivity index (χ1v) is 9.59. The van der Waals surface area contributed by atoms with Crippen molar-refractivity contribution < 1.29 is 23.0 Å². The zero-order valence-corrected chi connectivity index (χ0v) is 19.7. The van der Waals surface area contributed by atoms with Crippen LogP contribution in [-0.4, -0.2) is 50.2 Å². The van der Waals surface area contributed by atoms with Crippen molar-refractivity contribution in [2.75, 3.05) is 26.7 Å². The van der Waals surface area contributed by atoms with E-state index in [1.807, 2.05) is 4.90 Å². The Kier molecular flexibility index (Phi) is 11.0. The third-order valence-corrected chi connectivity index (χ3v) is 4.80. The van der Waals surface area contributed by atoms with E-state index in [-0.39, 0.29) is 48.2 Å². The monoisotopic (exact) mass is 575 g/mol. The number of carbonyl (C=O) groups is 1. The molecule has 10 heteroatoms. The number of nitrogens with one attached hydrogen (secondary N) is 1. The summed E-state index contributed by atoms with van der Waals surface area (Å²) in [5.41, 5.74) is 0.590. The van der Waals surface area contributed by atoms with E-state index in [1.54, 1.807) is 26.1 Å². The molecule has 6 nitrogen and oxygen atoms in total. The highest BCUT2D eigenvalue weighted by Gasteiger charge is 2.27. The van der Waals surface area contributed by atoms with E-state index in [0.717, 1.165) is 4.47 Å². The number of hydrogen-bond donors (Lipinski definition) is 1. The van der Waals surface area contributed by atoms with Gasteiger partial charge >= 0.3 is 12.6 Å². The van der Waals surface area contributed by atoms with E-state index in [1.165, 1.54) is 6.07 Å². The Balaban J connectivity index is 0.00000392. The number of benzene rings is 1. The summed E-state index contributed by atoms with van der Waals surface area (Å²) < 4.78 is 35.6. The van der Waals surface area contributed by atoms with Gasteiger partial charge in [0.1, 0.15) is 5.75 Å². The quantitative estimate of drug-likeness (QED) is 0.240. The first-order chi connectivity index (χ1) is 12.9. The third-order valence-electron chi connectivity index (χ3n) is 4.30. The van der Waals surface area contributed by atoms with Gasteiger partial charge in [-0.2, -0.15) is 8.78 Å². The van der Waals surface area contributed by atoms with Gasteiger partial charge in [0, 0.05) is 36.7 Å². The molecule has 1 saturated heterocycles. The van der Waals surface area contributed by atoms with Crippen molar-refractivity contribution in [2.45, 2.75) is 32.9 Å². The van der Waals surface area contributed by atoms with Crippen LogP contribution in [0.5, 0.6) is 5.75 Å². The lowest BCUT2D eigenvalue weighted by molar-refractivity contribution is -0.149. The summed E-state index contributed by atoms with van der Waals surface area (Å²) in [7, 11) is 1.66. The van der Waals surface area contributed by atoms with Gasteiger partial charge in [-0.1, -0.05) is 15.9 Å². The number of guanidine groups is 1. The van der Waals surface area contributed by atoms with Crippen LogP contribution < -0.4 is 10.1 Å². The van der Waals surface area contributed by atoms with E-state index in [0.29, 0.717) is 44.1 Å². The number of alkyl halides is 2. The molecular weight excluding hydrogens is 551 g/mol. The Morgan fingerprint density at radius 1 is 1.39 bits per heavy atom. The van der Waals surface area contributed by atoms with Crippen LogP contribution in [0.3, 0.4) is 0 Å². The largest absolute Gasteiger partial charge is 0.466 e. The van der Waals surface area contributed by atoms with E-state index in [2.05, 4.69) is 31.0 Å². The fourth-order valence-electron chi connectivity index (χ4n) is 2.99. The minimum Gasteiger partial charge on any atom is -0.466 e. The summed E-state index contributed by atoms with van der Waals surface area (Å²) in [5.74, 6) is 0.538. The van der Waals surface area contributed by atoms with Crippen LogP contribution in [0.4, 0.5) is 8.78 Å². The zero-order chi connectivity index (χ0) is 19.8. The van der Waals surface area contributed by atoms with Crippen LogP contribution in [0, 0.1) is 5.92 Å². The van der Waals surface area contributed by atoms with Gasteiger partial charge in [-0.05, 0) is 38.0 Å². The molecule has 1 fully saturated rings. The fourth-order valence-corrected chi connectivity index (χ4v) is 3.40. The molecule has 0 aromatic heterocycles. The zero-order valence-electron chi connectivity index (χ0n) is 15.8. The molecule has 0 aliphatic carbocycles. The standard InChI is InChI=1S/C18H24BrF2N3O3.HI/c1-3-26-16(25)12-6-8-24(9-7-12)18(22-2)23-11-13-10-14(19)4-5-15(13)27-17(20)21;/h4-5,10,12,17H,3,6-9,11H2,1-2H3,(H,22,23);1H. The number of hydrogen-bond acceptors (Lipinski definition) is 4. The van der Waals surface area contributed by atoms with Gasteiger partial charge in [-0.15, -0.1) is 24.0 Å². The van der Waals surface area contributed by atoms with Gasteiger partial charge in [0.05, 0.1) is 12.5 Å². The minimum atomic E-state index is -2.88. The topological polar surface area (TPSA) is 63.2 Å². The number of carbonyl (C=O) groups excluding carboxylic acids is 1. The summed E-state index contributed by atoms with van der Waals surface area (Å²) in [5, 5.41) is 3.18. The molecule has 28 heavy (non-hydrogen) atoms. The van der Waals surface area contributed by atoms with Gasteiger partial charge < -0.3 is 19.7 Å². The molecule has 1 aliphatic rings. The first kappa shape index (κ1) is 24.9. The summed E-state index contributed by atoms with van der Waals surface area (Å²) in [6.45, 7) is 0.923. The maximum Gasteiger partial charge on any atom is 0.387 e. The van der Waals surface area contributed by atoms with E-state index < -0.39 is 6.61 Å². The van der Waals surface area contributed by atoms with Crippen LogP contribution in [0.2, 0.25) is 0 Å². The van der Waals surface area contributed by atoms with Gasteiger partial charge in [-0.25, -0.2) is 0 Å². The first-order valence-electron chi connectivity index (χ1n) is 8.80. The van der Waals surface area contributed by atoms with Gasteiger partial charge in [0.25, 0.3) is 0 Å². The van der Waals surface area contributed by atoms with Crippen LogP contribution in [0.1, 0.15) is 25.3 Å². The van der Waals surface area contributed by atoms with Gasteiger partial charge in [0.2, 0.25) is 0 Å². The molecule has 0 saturated carbocycles. The number of ether oxygens (including phenoxy) is 2. The Hall–Kier alpha value is -1.17. The normalized spacial score (nSPS) is 15.2. The average molecular weight is 576 g/mol. The molecule has 0 atom stereocenters. The second-order valence-corrected chi connectivity index (χ2v) is 6.96. The van der Waals surface area contributed by atoms with Gasteiger partial charge in [-0.3, -0.25) is 9.79 Å². The molecule has 1 aliphatic heterocycles. The molecule has 0 spiro atoms. The lowest BCUT2D eigenvalue weighted by Crippen LogP contribution is -2.46. The van der Waals surface area contributed by atoms with E-state index >= 15 is 0 Å². The molecule has 0 amide bonds. The molecule has 0 bridgehead atoms. The van der Waals surface area contributed by atoms with Crippen LogP contribution in [0.15, 0.2) is 27.7 Å². The summed E-state index contributed by atoms with van der Waals surface area (Å²) >= 11 is 3.34. The van der Waals surface area contributed by atoms with Crippen molar-refractivity contribution in [3.05, 3.63) is 28.2 Å². The molecule has 1 aromatic carbocycles. The maximum absolute atomic E-state index is 12.6. The van der Waals surface area contributed by atoms with Gasteiger partial charge in [0.15, 0.2) is 5.96 Å². The molecule has 2 rings (SSSR count). The molecule has 158 valence electrons. The highest BCUT2D eigenvalue weighted by atomic mass is 127. The Morgan fingerprint density at radius 3 is 2.64 bits per heavy atom. The average Bonchev–Trinajstić information content (AvgIpc) is 2.64. The van der Waals surface area contributed by atoms with Crippen LogP contribution >= 0.6 is 39.9 Å². The Labute approximate surface area is 189 Å². The molecule has 0 unspecified atom stereocenters. The number of nitrogens with zero attached hydrogens (tertiary/aromatic N) is 2. The number of esters is 1. The lowest BCUT2D eigenvalue weighted by atomic mass is 9.97. The molecule has 1 N–H and O–H groups in total. The Morgan fingerprint density at radius 2 is 2.07 bits per heavy atom. The Bertz CT molecular complexity index is 671. The number of piperidine rings is 1. The minimum absolute atomic E-state index is 0. The van der Waals surface area contributed by atoms with Crippen molar-refractivity contribution in [3.63, 3.8) is 0 Å². The molecule has 1 heterocycles. The van der Waals surface area contributed by atoms with Crippen molar-refractivity contribution in [3.8, 4) is 5.75 Å². The summed E-state index contributed by atoms with van der Waals surface area (Å²) in [4.78, 5) is 18.1. The highest BCUT2D eigenvalue weighted by Crippen LogP contribution is 2.25. The third kappa shape index (κ3) is 7.34. The highest BCUT2D eigenvalue weighted by molar-refractivity contribution is 14.0. The SMILES string of the molecule is CCOC(=O)C1CCN(C(=NC)NCc2cc(Br)ccc2OC(F)F)CC1.I. The van der Waals surface area contributed by atoms with Crippen molar-refractivity contribution in [1.29, 1.82) is 0 Å². The number of aliphatic imine (C=N–C) groups is 1. The summed E-state index contributed by atoms with van der Waals surface area (Å²) in [6, 6.07) is 4.88. The van der Waals surface area contributed by atoms with Crippen molar-refractivity contribution in [1.82, 2.24) is 10.2 Å². The molecule has 1 aromatic rings.